The topological polar surface area (TPSA) is 33.0 Å². The minimum absolute atomic E-state index is 0.303. The van der Waals surface area contributed by atoms with Crippen molar-refractivity contribution < 1.29 is 4.74 Å². The zero-order valence-corrected chi connectivity index (χ0v) is 6.62. The van der Waals surface area contributed by atoms with Gasteiger partial charge in [0.15, 0.2) is 0 Å². The quantitative estimate of drug-likeness (QED) is 0.600. The van der Waals surface area contributed by atoms with Gasteiger partial charge in [-0.1, -0.05) is 6.42 Å². The third-order valence-electron chi connectivity index (χ3n) is 2.98. The Balaban J connectivity index is 1.90. The second kappa shape index (κ2) is 2.83. The number of ether oxygens (including phenoxy) is 1. The summed E-state index contributed by atoms with van der Waals surface area (Å²) in [6, 6.07) is 2.43. The van der Waals surface area contributed by atoms with Crippen LogP contribution in [0.3, 0.4) is 0 Å². The average molecular weight is 151 g/mol. The van der Waals surface area contributed by atoms with Gasteiger partial charge < -0.3 is 4.74 Å². The lowest BCUT2D eigenvalue weighted by atomic mass is 9.71. The van der Waals surface area contributed by atoms with Crippen LogP contribution in [-0.2, 0) is 4.74 Å². The van der Waals surface area contributed by atoms with Crippen molar-refractivity contribution in [2.24, 2.45) is 17.8 Å². The Hall–Kier alpha value is -0.550. The van der Waals surface area contributed by atoms with Crippen LogP contribution in [0, 0.1) is 29.1 Å². The summed E-state index contributed by atoms with van der Waals surface area (Å²) in [5.41, 5.74) is 0. The Labute approximate surface area is 67.2 Å². The molecule has 2 rings (SSSR count). The molecule has 2 aliphatic rings. The van der Waals surface area contributed by atoms with Crippen LogP contribution in [-0.4, -0.2) is 13.2 Å². The summed E-state index contributed by atoms with van der Waals surface area (Å²) in [6.07, 6.45) is 3.87. The van der Waals surface area contributed by atoms with Gasteiger partial charge in [-0.05, 0) is 18.8 Å². The van der Waals surface area contributed by atoms with Crippen LogP contribution in [0.1, 0.15) is 19.3 Å². The van der Waals surface area contributed by atoms with E-state index in [1.165, 1.54) is 19.3 Å². The Morgan fingerprint density at radius 1 is 1.27 bits per heavy atom. The van der Waals surface area contributed by atoms with E-state index in [0.717, 1.165) is 13.2 Å². The second-order valence-corrected chi connectivity index (χ2v) is 3.64. The van der Waals surface area contributed by atoms with Gasteiger partial charge in [-0.2, -0.15) is 5.26 Å². The number of nitrogens with zero attached hydrogens (tertiary/aromatic N) is 1. The normalized spacial score (nSPS) is 28.3. The molecule has 1 aliphatic heterocycles. The van der Waals surface area contributed by atoms with E-state index >= 15 is 0 Å². The third-order valence-corrected chi connectivity index (χ3v) is 2.98. The molecule has 0 aromatic rings. The standard InChI is InChI=1S/C9H13NO/c10-4-9(7-2-1-3-7)8-5-11-6-8/h7-9H,1-3,5-6H2. The van der Waals surface area contributed by atoms with E-state index < -0.39 is 0 Å². The van der Waals surface area contributed by atoms with Crippen LogP contribution >= 0.6 is 0 Å². The lowest BCUT2D eigenvalue weighted by molar-refractivity contribution is -0.0670. The van der Waals surface area contributed by atoms with Crippen LogP contribution in [0.15, 0.2) is 0 Å². The molecule has 1 unspecified atom stereocenters. The van der Waals surface area contributed by atoms with Gasteiger partial charge in [-0.25, -0.2) is 0 Å². The molecule has 0 aromatic heterocycles. The van der Waals surface area contributed by atoms with Gasteiger partial charge in [0.25, 0.3) is 0 Å². The highest BCUT2D eigenvalue weighted by Gasteiger charge is 2.36. The van der Waals surface area contributed by atoms with E-state index in [1.807, 2.05) is 0 Å². The molecule has 11 heavy (non-hydrogen) atoms. The number of hydrogen-bond acceptors (Lipinski definition) is 2. The lowest BCUT2D eigenvalue weighted by Crippen LogP contribution is -2.39. The fraction of sp³-hybridized carbons (Fsp3) is 0.889. The van der Waals surface area contributed by atoms with E-state index in [4.69, 9.17) is 10.00 Å². The average Bonchev–Trinajstić information content (AvgIpc) is 1.78. The molecule has 2 nitrogen and oxygen atoms in total. The van der Waals surface area contributed by atoms with E-state index in [2.05, 4.69) is 6.07 Å². The Morgan fingerprint density at radius 3 is 2.27 bits per heavy atom. The SMILES string of the molecule is N#CC(C1CCC1)C1COC1. The van der Waals surface area contributed by atoms with Crippen LogP contribution in [0.25, 0.3) is 0 Å². The highest BCUT2D eigenvalue weighted by atomic mass is 16.5. The molecule has 1 heterocycles. The summed E-state index contributed by atoms with van der Waals surface area (Å²) >= 11 is 0. The molecule has 0 N–H and O–H groups in total. The van der Waals surface area contributed by atoms with Crippen molar-refractivity contribution in [3.63, 3.8) is 0 Å². The van der Waals surface area contributed by atoms with Gasteiger partial charge in [0, 0.05) is 5.92 Å². The predicted octanol–water partition coefficient (Wildman–Crippen LogP) is 1.57. The largest absolute Gasteiger partial charge is 0.381 e. The van der Waals surface area contributed by atoms with Crippen molar-refractivity contribution in [2.45, 2.75) is 19.3 Å². The van der Waals surface area contributed by atoms with Crippen LogP contribution in [0.4, 0.5) is 0 Å². The number of rotatable bonds is 2. The molecule has 1 atom stereocenters. The number of hydrogen-bond donors (Lipinski definition) is 0. The fourth-order valence-electron chi connectivity index (χ4n) is 1.86. The Bertz CT molecular complexity index is 162. The van der Waals surface area contributed by atoms with Gasteiger partial charge in [0.2, 0.25) is 0 Å². The number of nitriles is 1. The maximum atomic E-state index is 8.89. The van der Waals surface area contributed by atoms with Gasteiger partial charge in [0.05, 0.1) is 25.2 Å². The molecule has 60 valence electrons. The zero-order valence-electron chi connectivity index (χ0n) is 6.62. The maximum absolute atomic E-state index is 8.89. The monoisotopic (exact) mass is 151 g/mol. The first kappa shape index (κ1) is 7.12. The van der Waals surface area contributed by atoms with Crippen LogP contribution < -0.4 is 0 Å². The van der Waals surface area contributed by atoms with Gasteiger partial charge in [0.1, 0.15) is 0 Å². The molecule has 0 radical (unpaired) electrons. The highest BCUT2D eigenvalue weighted by Crippen LogP contribution is 2.38. The smallest absolute Gasteiger partial charge is 0.0663 e. The van der Waals surface area contributed by atoms with E-state index in [9.17, 15) is 0 Å². The predicted molar refractivity (Wildman–Crippen MR) is 40.8 cm³/mol. The van der Waals surface area contributed by atoms with E-state index in [-0.39, 0.29) is 0 Å². The maximum Gasteiger partial charge on any atom is 0.0663 e. The summed E-state index contributed by atoms with van der Waals surface area (Å²) in [4.78, 5) is 0. The minimum atomic E-state index is 0.303. The molecule has 0 spiro atoms. The second-order valence-electron chi connectivity index (χ2n) is 3.64. The van der Waals surface area contributed by atoms with Crippen molar-refractivity contribution in [1.82, 2.24) is 0 Å². The molecule has 0 amide bonds. The molecule has 2 heteroatoms. The highest BCUT2D eigenvalue weighted by molar-refractivity contribution is 4.97. The van der Waals surface area contributed by atoms with Crippen molar-refractivity contribution in [2.75, 3.05) is 13.2 Å². The molecular weight excluding hydrogens is 138 g/mol. The Kier molecular flexibility index (Phi) is 1.83. The summed E-state index contributed by atoms with van der Waals surface area (Å²) in [5.74, 6) is 1.57. The lowest BCUT2D eigenvalue weighted by Gasteiger charge is -2.38. The molecule has 1 saturated carbocycles. The molecule has 2 fully saturated rings. The van der Waals surface area contributed by atoms with Gasteiger partial charge in [-0.15, -0.1) is 0 Å². The molecule has 1 saturated heterocycles. The minimum Gasteiger partial charge on any atom is -0.381 e. The molecular formula is C9H13NO. The molecule has 0 aromatic carbocycles. The van der Waals surface area contributed by atoms with Gasteiger partial charge in [-0.3, -0.25) is 0 Å². The Morgan fingerprint density at radius 2 is 2.00 bits per heavy atom. The fourth-order valence-corrected chi connectivity index (χ4v) is 1.86. The molecule has 0 bridgehead atoms. The summed E-state index contributed by atoms with van der Waals surface area (Å²) in [5, 5.41) is 8.89. The first-order valence-corrected chi connectivity index (χ1v) is 4.39. The van der Waals surface area contributed by atoms with Crippen LogP contribution in [0.2, 0.25) is 0 Å². The van der Waals surface area contributed by atoms with Crippen molar-refractivity contribution >= 4 is 0 Å². The zero-order chi connectivity index (χ0) is 7.68. The van der Waals surface area contributed by atoms with Crippen molar-refractivity contribution in [3.8, 4) is 6.07 Å². The van der Waals surface area contributed by atoms with E-state index in [1.54, 1.807) is 0 Å². The van der Waals surface area contributed by atoms with Gasteiger partial charge >= 0.3 is 0 Å². The summed E-state index contributed by atoms with van der Waals surface area (Å²) < 4.78 is 5.09. The molecule has 1 aliphatic carbocycles. The van der Waals surface area contributed by atoms with Crippen molar-refractivity contribution in [1.29, 1.82) is 5.26 Å². The van der Waals surface area contributed by atoms with Crippen LogP contribution in [0.5, 0.6) is 0 Å². The van der Waals surface area contributed by atoms with E-state index in [0.29, 0.717) is 17.8 Å². The summed E-state index contributed by atoms with van der Waals surface area (Å²) in [7, 11) is 0. The van der Waals surface area contributed by atoms with Crippen molar-refractivity contribution in [3.05, 3.63) is 0 Å². The summed E-state index contributed by atoms with van der Waals surface area (Å²) in [6.45, 7) is 1.66. The third kappa shape index (κ3) is 1.14. The first-order chi connectivity index (χ1) is 5.42. The first-order valence-electron chi connectivity index (χ1n) is 4.39.